The second kappa shape index (κ2) is 7.21. The monoisotopic (exact) mass is 326 g/mol. The highest BCUT2D eigenvalue weighted by molar-refractivity contribution is 7.98. The highest BCUT2D eigenvalue weighted by Crippen LogP contribution is 2.37. The summed E-state index contributed by atoms with van der Waals surface area (Å²) in [5.74, 6) is 1.16. The van der Waals surface area contributed by atoms with Crippen LogP contribution < -0.4 is 0 Å². The fraction of sp³-hybridized carbons (Fsp3) is 0.267. The largest absolute Gasteiger partial charge is 0.330 e. The van der Waals surface area contributed by atoms with E-state index < -0.39 is 0 Å². The molecule has 2 unspecified atom stereocenters. The molecule has 0 radical (unpaired) electrons. The molecule has 0 aliphatic carbocycles. The number of thioether (sulfide) groups is 1. The number of allylic oxidation sites excluding steroid dienone is 1. The van der Waals surface area contributed by atoms with Crippen LogP contribution >= 0.6 is 35.0 Å². The van der Waals surface area contributed by atoms with Crippen molar-refractivity contribution in [2.75, 3.05) is 12.0 Å². The number of halogens is 2. The van der Waals surface area contributed by atoms with E-state index in [2.05, 4.69) is 22.4 Å². The van der Waals surface area contributed by atoms with Gasteiger partial charge in [-0.3, -0.25) is 0 Å². The molecule has 0 aliphatic rings. The molecule has 0 fully saturated rings. The van der Waals surface area contributed by atoms with E-state index >= 15 is 0 Å². The first-order valence-corrected chi connectivity index (χ1v) is 8.36. The van der Waals surface area contributed by atoms with Crippen LogP contribution in [0.1, 0.15) is 17.5 Å². The summed E-state index contributed by atoms with van der Waals surface area (Å²) in [7, 11) is 0. The number of rotatable bonds is 6. The van der Waals surface area contributed by atoms with E-state index in [1.165, 1.54) is 0 Å². The smallest absolute Gasteiger partial charge is 0.0951 e. The summed E-state index contributed by atoms with van der Waals surface area (Å²) >= 11 is 14.1. The molecule has 1 heterocycles. The molecule has 0 amide bonds. The zero-order valence-electron chi connectivity index (χ0n) is 11.2. The lowest BCUT2D eigenvalue weighted by atomic mass is 9.93. The number of benzene rings is 1. The van der Waals surface area contributed by atoms with Gasteiger partial charge in [-0.15, -0.1) is 6.58 Å². The molecular weight excluding hydrogens is 311 g/mol. The van der Waals surface area contributed by atoms with Gasteiger partial charge in [0.15, 0.2) is 0 Å². The van der Waals surface area contributed by atoms with E-state index in [-0.39, 0.29) is 12.0 Å². The first-order chi connectivity index (χ1) is 9.67. The molecule has 2 aromatic rings. The standard InChI is InChI=1S/C15H16Cl2N2S/c1-3-15(19-7-6-18-10-19)13(9-20-2)12-5-4-11(16)8-14(12)17/h3-8,10,13,15H,1,9H2,2H3. The maximum Gasteiger partial charge on any atom is 0.0951 e. The van der Waals surface area contributed by atoms with Gasteiger partial charge >= 0.3 is 0 Å². The van der Waals surface area contributed by atoms with Crippen LogP contribution in [-0.4, -0.2) is 21.6 Å². The summed E-state index contributed by atoms with van der Waals surface area (Å²) in [5.41, 5.74) is 1.09. The Morgan fingerprint density at radius 2 is 2.25 bits per heavy atom. The highest BCUT2D eigenvalue weighted by Gasteiger charge is 2.23. The number of aromatic nitrogens is 2. The van der Waals surface area contributed by atoms with E-state index in [0.29, 0.717) is 10.0 Å². The topological polar surface area (TPSA) is 17.8 Å². The van der Waals surface area contributed by atoms with Gasteiger partial charge in [-0.05, 0) is 24.0 Å². The van der Waals surface area contributed by atoms with Gasteiger partial charge in [-0.2, -0.15) is 11.8 Å². The number of imidazole rings is 1. The van der Waals surface area contributed by atoms with E-state index in [4.69, 9.17) is 23.2 Å². The van der Waals surface area contributed by atoms with Crippen LogP contribution in [0.3, 0.4) is 0 Å². The van der Waals surface area contributed by atoms with Crippen molar-refractivity contribution in [3.8, 4) is 0 Å². The average Bonchev–Trinajstić information content (AvgIpc) is 2.93. The minimum absolute atomic E-state index is 0.114. The van der Waals surface area contributed by atoms with Gasteiger partial charge in [0.2, 0.25) is 0 Å². The Kier molecular flexibility index (Phi) is 5.58. The van der Waals surface area contributed by atoms with Gasteiger partial charge in [-0.1, -0.05) is 35.3 Å². The Morgan fingerprint density at radius 3 is 2.80 bits per heavy atom. The van der Waals surface area contributed by atoms with Crippen molar-refractivity contribution >= 4 is 35.0 Å². The van der Waals surface area contributed by atoms with Crippen LogP contribution in [0, 0.1) is 0 Å². The van der Waals surface area contributed by atoms with Gasteiger partial charge in [0, 0.05) is 34.1 Å². The molecule has 1 aromatic heterocycles. The molecule has 0 N–H and O–H groups in total. The van der Waals surface area contributed by atoms with Gasteiger partial charge in [0.25, 0.3) is 0 Å². The predicted molar refractivity (Wildman–Crippen MR) is 89.0 cm³/mol. The Labute approximate surface area is 133 Å². The van der Waals surface area contributed by atoms with E-state index in [9.17, 15) is 0 Å². The van der Waals surface area contributed by atoms with Crippen molar-refractivity contribution in [1.82, 2.24) is 9.55 Å². The maximum absolute atomic E-state index is 6.37. The zero-order valence-corrected chi connectivity index (χ0v) is 13.5. The van der Waals surface area contributed by atoms with Crippen molar-refractivity contribution in [1.29, 1.82) is 0 Å². The third-order valence-electron chi connectivity index (χ3n) is 3.23. The lowest BCUT2D eigenvalue weighted by Crippen LogP contribution is -2.17. The molecule has 2 atom stereocenters. The minimum Gasteiger partial charge on any atom is -0.330 e. The SMILES string of the molecule is C=CC(C(CSC)c1ccc(Cl)cc1Cl)n1ccnc1. The van der Waals surface area contributed by atoms with Crippen molar-refractivity contribution in [3.63, 3.8) is 0 Å². The summed E-state index contributed by atoms with van der Waals surface area (Å²) in [6, 6.07) is 5.78. The van der Waals surface area contributed by atoms with E-state index in [0.717, 1.165) is 11.3 Å². The first kappa shape index (κ1) is 15.5. The van der Waals surface area contributed by atoms with Crippen LogP contribution in [0.2, 0.25) is 10.0 Å². The van der Waals surface area contributed by atoms with Crippen LogP contribution in [0.5, 0.6) is 0 Å². The van der Waals surface area contributed by atoms with Crippen molar-refractivity contribution in [2.24, 2.45) is 0 Å². The molecule has 2 rings (SSSR count). The van der Waals surface area contributed by atoms with Crippen molar-refractivity contribution in [2.45, 2.75) is 12.0 Å². The molecule has 0 bridgehead atoms. The Morgan fingerprint density at radius 1 is 1.45 bits per heavy atom. The molecule has 0 saturated carbocycles. The lowest BCUT2D eigenvalue weighted by Gasteiger charge is -2.26. The Bertz CT molecular complexity index is 569. The van der Waals surface area contributed by atoms with Gasteiger partial charge in [0.05, 0.1) is 12.4 Å². The van der Waals surface area contributed by atoms with E-state index in [1.54, 1.807) is 24.0 Å². The molecule has 106 valence electrons. The molecule has 0 saturated heterocycles. The fourth-order valence-electron chi connectivity index (χ4n) is 2.29. The van der Waals surface area contributed by atoms with Crippen LogP contribution in [-0.2, 0) is 0 Å². The number of nitrogens with zero attached hydrogens (tertiary/aromatic N) is 2. The third kappa shape index (κ3) is 3.40. The normalized spacial score (nSPS) is 13.9. The second-order valence-electron chi connectivity index (χ2n) is 4.46. The second-order valence-corrected chi connectivity index (χ2v) is 6.22. The molecule has 2 nitrogen and oxygen atoms in total. The van der Waals surface area contributed by atoms with Crippen molar-refractivity contribution < 1.29 is 0 Å². The molecule has 1 aromatic carbocycles. The maximum atomic E-state index is 6.37. The molecule has 0 aliphatic heterocycles. The van der Waals surface area contributed by atoms with Gasteiger partial charge in [-0.25, -0.2) is 4.98 Å². The number of hydrogen-bond donors (Lipinski definition) is 0. The molecule has 20 heavy (non-hydrogen) atoms. The first-order valence-electron chi connectivity index (χ1n) is 6.21. The van der Waals surface area contributed by atoms with Crippen molar-refractivity contribution in [3.05, 3.63) is 65.2 Å². The minimum atomic E-state index is 0.114. The Hall–Kier alpha value is -0.900. The van der Waals surface area contributed by atoms with E-state index in [1.807, 2.05) is 30.7 Å². The summed E-state index contributed by atoms with van der Waals surface area (Å²) < 4.78 is 2.05. The Balaban J connectivity index is 2.41. The average molecular weight is 327 g/mol. The molecular formula is C15H16Cl2N2S. The predicted octanol–water partition coefficient (Wildman–Crippen LogP) is 5.06. The highest BCUT2D eigenvalue weighted by atomic mass is 35.5. The summed E-state index contributed by atoms with van der Waals surface area (Å²) in [4.78, 5) is 4.12. The third-order valence-corrected chi connectivity index (χ3v) is 4.49. The fourth-order valence-corrected chi connectivity index (χ4v) is 3.58. The van der Waals surface area contributed by atoms with Crippen LogP contribution in [0.15, 0.2) is 49.6 Å². The molecule has 0 spiro atoms. The van der Waals surface area contributed by atoms with Crippen LogP contribution in [0.4, 0.5) is 0 Å². The summed E-state index contributed by atoms with van der Waals surface area (Å²) in [6.07, 6.45) is 9.56. The number of hydrogen-bond acceptors (Lipinski definition) is 2. The van der Waals surface area contributed by atoms with Gasteiger partial charge in [0.1, 0.15) is 0 Å². The van der Waals surface area contributed by atoms with Gasteiger partial charge < -0.3 is 4.57 Å². The molecule has 5 heteroatoms. The quantitative estimate of drug-likeness (QED) is 0.690. The summed E-state index contributed by atoms with van der Waals surface area (Å²) in [6.45, 7) is 3.97. The lowest BCUT2D eigenvalue weighted by molar-refractivity contribution is 0.522. The van der Waals surface area contributed by atoms with Crippen LogP contribution in [0.25, 0.3) is 0 Å². The zero-order chi connectivity index (χ0) is 14.5. The summed E-state index contributed by atoms with van der Waals surface area (Å²) in [5, 5.41) is 1.35.